The highest BCUT2D eigenvalue weighted by molar-refractivity contribution is 7.26. The Kier molecular flexibility index (Phi) is 8.00. The minimum atomic E-state index is 0.563. The fourth-order valence-electron chi connectivity index (χ4n) is 8.79. The quantitative estimate of drug-likeness (QED) is 0.169. The number of rotatable bonds is 6. The first-order valence-electron chi connectivity index (χ1n) is 20.1. The van der Waals surface area contributed by atoms with Crippen molar-refractivity contribution in [3.8, 4) is 67.5 Å². The molecule has 0 atom stereocenters. The number of aromatic nitrogens is 3. The monoisotopic (exact) mass is 783 g/mol. The summed E-state index contributed by atoms with van der Waals surface area (Å²) in [4.78, 5) is 15.6. The number of nitrogens with zero attached hydrogens (tertiary/aromatic N) is 3. The van der Waals surface area contributed by atoms with E-state index in [9.17, 15) is 0 Å². The van der Waals surface area contributed by atoms with E-state index in [4.69, 9.17) is 19.4 Å². The molecular formula is C55H33N3OS. The van der Waals surface area contributed by atoms with Gasteiger partial charge in [0.05, 0.1) is 5.56 Å². The number of benzene rings is 9. The second-order valence-electron chi connectivity index (χ2n) is 15.1. The lowest BCUT2D eigenvalue weighted by Gasteiger charge is -2.10. The molecular weight excluding hydrogens is 751 g/mol. The zero-order valence-corrected chi connectivity index (χ0v) is 33.0. The van der Waals surface area contributed by atoms with Crippen LogP contribution in [0.5, 0.6) is 0 Å². The van der Waals surface area contributed by atoms with E-state index < -0.39 is 0 Å². The molecule has 280 valence electrons. The maximum atomic E-state index is 6.73. The van der Waals surface area contributed by atoms with Crippen molar-refractivity contribution in [3.63, 3.8) is 0 Å². The van der Waals surface area contributed by atoms with Crippen molar-refractivity contribution in [2.75, 3.05) is 0 Å². The number of fused-ring (bicyclic) bond motifs is 7. The highest BCUT2D eigenvalue weighted by Crippen LogP contribution is 2.45. The second-order valence-corrected chi connectivity index (χ2v) is 16.1. The van der Waals surface area contributed by atoms with Crippen LogP contribution >= 0.6 is 11.3 Å². The molecule has 0 spiro atoms. The van der Waals surface area contributed by atoms with Gasteiger partial charge in [-0.15, -0.1) is 11.3 Å². The maximum Gasteiger partial charge on any atom is 0.167 e. The summed E-state index contributed by atoms with van der Waals surface area (Å²) in [7, 11) is 0. The van der Waals surface area contributed by atoms with Gasteiger partial charge in [0.2, 0.25) is 0 Å². The molecule has 0 bridgehead atoms. The first-order chi connectivity index (χ1) is 29.7. The average Bonchev–Trinajstić information content (AvgIpc) is 3.90. The minimum absolute atomic E-state index is 0.563. The summed E-state index contributed by atoms with van der Waals surface area (Å²) >= 11 is 1.79. The Morgan fingerprint density at radius 1 is 0.350 bits per heavy atom. The fraction of sp³-hybridized carbons (Fsp3) is 0. The fourth-order valence-corrected chi connectivity index (χ4v) is 10.0. The molecule has 3 aromatic heterocycles. The Bertz CT molecular complexity index is 3600. The van der Waals surface area contributed by atoms with Gasteiger partial charge in [0.1, 0.15) is 11.2 Å². The normalized spacial score (nSPS) is 11.7. The molecule has 0 aliphatic carbocycles. The summed E-state index contributed by atoms with van der Waals surface area (Å²) in [5.41, 5.74) is 11.4. The Balaban J connectivity index is 1.04. The summed E-state index contributed by atoms with van der Waals surface area (Å²) in [5.74, 6) is 1.79. The number of hydrogen-bond acceptors (Lipinski definition) is 5. The van der Waals surface area contributed by atoms with Gasteiger partial charge in [-0.2, -0.15) is 0 Å². The van der Waals surface area contributed by atoms with Gasteiger partial charge in [-0.25, -0.2) is 15.0 Å². The Morgan fingerprint density at radius 2 is 0.917 bits per heavy atom. The van der Waals surface area contributed by atoms with E-state index in [-0.39, 0.29) is 0 Å². The molecule has 0 aliphatic rings. The van der Waals surface area contributed by atoms with Gasteiger partial charge in [-0.05, 0) is 74.5 Å². The van der Waals surface area contributed by atoms with E-state index >= 15 is 0 Å². The Morgan fingerprint density at radius 3 is 1.75 bits per heavy atom. The van der Waals surface area contributed by atoms with Crippen LogP contribution in [0.4, 0.5) is 0 Å². The van der Waals surface area contributed by atoms with Crippen molar-refractivity contribution in [2.45, 2.75) is 0 Å². The number of thiophene rings is 1. The van der Waals surface area contributed by atoms with Crippen LogP contribution in [-0.2, 0) is 0 Å². The van der Waals surface area contributed by atoms with Crippen LogP contribution in [0.1, 0.15) is 0 Å². The first-order valence-corrected chi connectivity index (χ1v) is 20.9. The zero-order valence-electron chi connectivity index (χ0n) is 32.2. The average molecular weight is 784 g/mol. The summed E-state index contributed by atoms with van der Waals surface area (Å²) < 4.78 is 9.09. The van der Waals surface area contributed by atoms with Crippen molar-refractivity contribution in [3.05, 3.63) is 200 Å². The van der Waals surface area contributed by atoms with Gasteiger partial charge in [0.15, 0.2) is 17.5 Å². The molecule has 5 heteroatoms. The van der Waals surface area contributed by atoms with Gasteiger partial charge < -0.3 is 4.42 Å². The number of hydrogen-bond donors (Lipinski definition) is 0. The molecule has 0 saturated heterocycles. The van der Waals surface area contributed by atoms with Gasteiger partial charge in [-0.3, -0.25) is 0 Å². The molecule has 9 aromatic carbocycles. The Labute approximate surface area is 349 Å². The van der Waals surface area contributed by atoms with Crippen molar-refractivity contribution < 1.29 is 4.42 Å². The maximum absolute atomic E-state index is 6.73. The lowest BCUT2D eigenvalue weighted by Crippen LogP contribution is -2.00. The summed E-state index contributed by atoms with van der Waals surface area (Å²) in [6.45, 7) is 0. The van der Waals surface area contributed by atoms with Crippen LogP contribution in [0.25, 0.3) is 120 Å². The van der Waals surface area contributed by atoms with Gasteiger partial charge in [0, 0.05) is 42.1 Å². The van der Waals surface area contributed by atoms with Crippen LogP contribution in [-0.4, -0.2) is 15.0 Å². The number of furan rings is 1. The van der Waals surface area contributed by atoms with Crippen LogP contribution in [0, 0.1) is 0 Å². The predicted molar refractivity (Wildman–Crippen MR) is 250 cm³/mol. The standard InChI is InChI=1S/C55H33N3OS/c1-3-15-34(16-4-1)38-21-9-10-23-40(38)37-31-32-48-47(33-37)43-26-12-28-45(51(43)59-48)54-56-53(36-18-5-2-6-19-36)57-55(58-54)46-29-13-27-44-50-42(25-14-30-49(50)60-52(44)46)41-24-11-20-35-17-7-8-22-39(35)41/h1-33H. The van der Waals surface area contributed by atoms with E-state index in [1.54, 1.807) is 11.3 Å². The SMILES string of the molecule is c1ccc(-c2nc(-c3cccc4c3oc3ccc(-c5ccccc5-c5ccccc5)cc34)nc(-c3cccc4c3sc3cccc(-c5cccc6ccccc56)c34)n2)cc1. The van der Waals surface area contributed by atoms with E-state index in [1.165, 1.54) is 54.1 Å². The lowest BCUT2D eigenvalue weighted by molar-refractivity contribution is 0.669. The topological polar surface area (TPSA) is 51.8 Å². The van der Waals surface area contributed by atoms with Crippen molar-refractivity contribution >= 4 is 64.2 Å². The van der Waals surface area contributed by atoms with Crippen LogP contribution in [0.3, 0.4) is 0 Å². The summed E-state index contributed by atoms with van der Waals surface area (Å²) in [6.07, 6.45) is 0. The summed E-state index contributed by atoms with van der Waals surface area (Å²) in [6, 6.07) is 70.3. The molecule has 0 saturated carbocycles. The third-order valence-corrected chi connectivity index (χ3v) is 12.8. The van der Waals surface area contributed by atoms with Crippen LogP contribution in [0.2, 0.25) is 0 Å². The van der Waals surface area contributed by atoms with Gasteiger partial charge in [-0.1, -0.05) is 170 Å². The molecule has 3 heterocycles. The smallest absolute Gasteiger partial charge is 0.167 e. The largest absolute Gasteiger partial charge is 0.455 e. The van der Waals surface area contributed by atoms with Crippen molar-refractivity contribution in [2.24, 2.45) is 0 Å². The molecule has 0 aliphatic heterocycles. The molecule has 0 N–H and O–H groups in total. The van der Waals surface area contributed by atoms with Gasteiger partial charge >= 0.3 is 0 Å². The molecule has 4 nitrogen and oxygen atoms in total. The van der Waals surface area contributed by atoms with E-state index in [0.717, 1.165) is 48.9 Å². The third-order valence-electron chi connectivity index (χ3n) is 11.6. The zero-order chi connectivity index (χ0) is 39.6. The minimum Gasteiger partial charge on any atom is -0.455 e. The Hall–Kier alpha value is -7.73. The highest BCUT2D eigenvalue weighted by atomic mass is 32.1. The van der Waals surface area contributed by atoms with Gasteiger partial charge in [0.25, 0.3) is 0 Å². The molecule has 12 aromatic rings. The second kappa shape index (κ2) is 14.0. The molecule has 60 heavy (non-hydrogen) atoms. The predicted octanol–water partition coefficient (Wildman–Crippen LogP) is 15.3. The van der Waals surface area contributed by atoms with E-state index in [0.29, 0.717) is 17.5 Å². The van der Waals surface area contributed by atoms with Crippen LogP contribution in [0.15, 0.2) is 205 Å². The van der Waals surface area contributed by atoms with Crippen molar-refractivity contribution in [1.82, 2.24) is 15.0 Å². The third kappa shape index (κ3) is 5.63. The summed E-state index contributed by atoms with van der Waals surface area (Å²) in [5, 5.41) is 6.95. The lowest BCUT2D eigenvalue weighted by atomic mass is 9.94. The van der Waals surface area contributed by atoms with Crippen molar-refractivity contribution in [1.29, 1.82) is 0 Å². The van der Waals surface area contributed by atoms with Crippen LogP contribution < -0.4 is 0 Å². The number of para-hydroxylation sites is 1. The molecule has 12 rings (SSSR count). The highest BCUT2D eigenvalue weighted by Gasteiger charge is 2.21. The first kappa shape index (κ1) is 34.3. The molecule has 0 radical (unpaired) electrons. The van der Waals surface area contributed by atoms with E-state index in [2.05, 4.69) is 182 Å². The molecule has 0 amide bonds. The molecule has 0 fully saturated rings. The molecule has 0 unspecified atom stereocenters. The van der Waals surface area contributed by atoms with E-state index in [1.807, 2.05) is 18.2 Å².